The molecule has 21 heavy (non-hydrogen) atoms. The first-order chi connectivity index (χ1) is 10.3. The number of aromatic nitrogens is 2. The average Bonchev–Trinajstić information content (AvgIpc) is 2.55. The fraction of sp³-hybridized carbons (Fsp3) is 0.312. The third-order valence-corrected chi connectivity index (χ3v) is 3.63. The molecule has 1 N–H and O–H groups in total. The van der Waals surface area contributed by atoms with Crippen molar-refractivity contribution < 1.29 is 4.79 Å². The number of aryl methyl sites for hydroxylation is 1. The highest BCUT2D eigenvalue weighted by Crippen LogP contribution is 2.31. The summed E-state index contributed by atoms with van der Waals surface area (Å²) in [5.41, 5.74) is 2.54. The maximum atomic E-state index is 11.3. The molecule has 0 radical (unpaired) electrons. The monoisotopic (exact) mass is 282 g/mol. The van der Waals surface area contributed by atoms with Crippen molar-refractivity contribution in [1.82, 2.24) is 10.2 Å². The molecule has 1 aromatic heterocycles. The molecule has 1 aromatic carbocycles. The summed E-state index contributed by atoms with van der Waals surface area (Å²) >= 11 is 0. The summed E-state index contributed by atoms with van der Waals surface area (Å²) in [4.78, 5) is 13.5. The minimum atomic E-state index is -0.0552. The summed E-state index contributed by atoms with van der Waals surface area (Å²) in [5.74, 6) is 1.26. The summed E-state index contributed by atoms with van der Waals surface area (Å²) in [6.45, 7) is 2.74. The number of amides is 1. The van der Waals surface area contributed by atoms with E-state index in [1.54, 1.807) is 6.07 Å². The normalized spacial score (nSPS) is 13.7. The number of anilines is 3. The zero-order valence-electron chi connectivity index (χ0n) is 12.0. The number of nitrogens with one attached hydrogen (secondary N) is 1. The van der Waals surface area contributed by atoms with Crippen LogP contribution in [-0.2, 0) is 11.2 Å². The lowest BCUT2D eigenvalue weighted by atomic mass is 10.0. The number of carbonyl (C=O) groups excluding carboxylic acids is 1. The molecule has 1 amide bonds. The highest BCUT2D eigenvalue weighted by Gasteiger charge is 2.18. The SMILES string of the molecule is CCC(=O)Nc1ccc(N2CCCc3ccccc32)nn1. The Bertz CT molecular complexity index is 639. The lowest BCUT2D eigenvalue weighted by Crippen LogP contribution is -2.25. The summed E-state index contributed by atoms with van der Waals surface area (Å²) in [5, 5.41) is 11.1. The molecule has 1 aliphatic rings. The van der Waals surface area contributed by atoms with E-state index < -0.39 is 0 Å². The van der Waals surface area contributed by atoms with Crippen molar-refractivity contribution in [1.29, 1.82) is 0 Å². The number of carbonyl (C=O) groups is 1. The highest BCUT2D eigenvalue weighted by atomic mass is 16.1. The zero-order chi connectivity index (χ0) is 14.7. The molecule has 0 bridgehead atoms. The van der Waals surface area contributed by atoms with E-state index >= 15 is 0 Å². The van der Waals surface area contributed by atoms with E-state index in [1.165, 1.54) is 11.3 Å². The van der Waals surface area contributed by atoms with Crippen LogP contribution >= 0.6 is 0 Å². The van der Waals surface area contributed by atoms with Crippen LogP contribution in [0.15, 0.2) is 36.4 Å². The van der Waals surface area contributed by atoms with Crippen LogP contribution in [-0.4, -0.2) is 22.6 Å². The molecular formula is C16H18N4O. The molecule has 5 heteroatoms. The number of fused-ring (bicyclic) bond motifs is 1. The third-order valence-electron chi connectivity index (χ3n) is 3.63. The van der Waals surface area contributed by atoms with Gasteiger partial charge >= 0.3 is 0 Å². The van der Waals surface area contributed by atoms with Crippen LogP contribution in [0, 0.1) is 0 Å². The Labute approximate surface area is 124 Å². The van der Waals surface area contributed by atoms with Gasteiger partial charge in [-0.3, -0.25) is 4.79 Å². The molecule has 0 fully saturated rings. The fourth-order valence-electron chi connectivity index (χ4n) is 2.54. The van der Waals surface area contributed by atoms with Gasteiger partial charge in [0.25, 0.3) is 0 Å². The Morgan fingerprint density at radius 3 is 2.86 bits per heavy atom. The highest BCUT2D eigenvalue weighted by molar-refractivity contribution is 5.89. The molecule has 108 valence electrons. The Morgan fingerprint density at radius 1 is 1.24 bits per heavy atom. The van der Waals surface area contributed by atoms with Gasteiger partial charge in [-0.2, -0.15) is 0 Å². The Kier molecular flexibility index (Phi) is 3.81. The van der Waals surface area contributed by atoms with Crippen molar-refractivity contribution in [3.63, 3.8) is 0 Å². The summed E-state index contributed by atoms with van der Waals surface area (Å²) in [7, 11) is 0. The average molecular weight is 282 g/mol. The van der Waals surface area contributed by atoms with Gasteiger partial charge < -0.3 is 10.2 Å². The van der Waals surface area contributed by atoms with Crippen LogP contribution < -0.4 is 10.2 Å². The molecule has 0 spiro atoms. The Balaban J connectivity index is 1.83. The molecule has 1 aliphatic heterocycles. The first-order valence-electron chi connectivity index (χ1n) is 7.27. The van der Waals surface area contributed by atoms with Gasteiger partial charge in [0, 0.05) is 18.7 Å². The Morgan fingerprint density at radius 2 is 2.10 bits per heavy atom. The smallest absolute Gasteiger partial charge is 0.225 e. The van der Waals surface area contributed by atoms with E-state index in [0.717, 1.165) is 25.2 Å². The van der Waals surface area contributed by atoms with Crippen LogP contribution in [0.1, 0.15) is 25.3 Å². The van der Waals surface area contributed by atoms with E-state index in [0.29, 0.717) is 12.2 Å². The van der Waals surface area contributed by atoms with Gasteiger partial charge in [0.1, 0.15) is 0 Å². The van der Waals surface area contributed by atoms with Crippen LogP contribution in [0.2, 0.25) is 0 Å². The predicted octanol–water partition coefficient (Wildman–Crippen LogP) is 2.91. The molecule has 0 aliphatic carbocycles. The number of hydrogen-bond donors (Lipinski definition) is 1. The Hall–Kier alpha value is -2.43. The standard InChI is InChI=1S/C16H18N4O/c1-2-16(21)17-14-9-10-15(19-18-14)20-11-5-7-12-6-3-4-8-13(12)20/h3-4,6,8-10H,2,5,7,11H2,1H3,(H,17,18,21). The van der Waals surface area contributed by atoms with Gasteiger partial charge in [-0.05, 0) is 36.6 Å². The zero-order valence-corrected chi connectivity index (χ0v) is 12.0. The van der Waals surface area contributed by atoms with Gasteiger partial charge in [-0.15, -0.1) is 10.2 Å². The van der Waals surface area contributed by atoms with E-state index in [2.05, 4.69) is 38.6 Å². The maximum absolute atomic E-state index is 11.3. The second kappa shape index (κ2) is 5.91. The molecule has 2 heterocycles. The van der Waals surface area contributed by atoms with Crippen LogP contribution in [0.4, 0.5) is 17.3 Å². The molecule has 0 saturated heterocycles. The van der Waals surface area contributed by atoms with Crippen molar-refractivity contribution in [3.05, 3.63) is 42.0 Å². The maximum Gasteiger partial charge on any atom is 0.225 e. The van der Waals surface area contributed by atoms with Crippen LogP contribution in [0.25, 0.3) is 0 Å². The van der Waals surface area contributed by atoms with Gasteiger partial charge in [0.05, 0.1) is 0 Å². The van der Waals surface area contributed by atoms with Gasteiger partial charge in [-0.1, -0.05) is 25.1 Å². The van der Waals surface area contributed by atoms with Crippen molar-refractivity contribution in [3.8, 4) is 0 Å². The summed E-state index contributed by atoms with van der Waals surface area (Å²) in [6, 6.07) is 12.1. The van der Waals surface area contributed by atoms with Crippen molar-refractivity contribution in [2.45, 2.75) is 26.2 Å². The van der Waals surface area contributed by atoms with Crippen molar-refractivity contribution in [2.24, 2.45) is 0 Å². The third kappa shape index (κ3) is 2.86. The van der Waals surface area contributed by atoms with Crippen molar-refractivity contribution in [2.75, 3.05) is 16.8 Å². The summed E-state index contributed by atoms with van der Waals surface area (Å²) < 4.78 is 0. The first kappa shape index (κ1) is 13.5. The molecule has 5 nitrogen and oxygen atoms in total. The number of benzene rings is 1. The number of rotatable bonds is 3. The lowest BCUT2D eigenvalue weighted by Gasteiger charge is -2.29. The predicted molar refractivity (Wildman–Crippen MR) is 82.7 cm³/mol. The van der Waals surface area contributed by atoms with Gasteiger partial charge in [0.15, 0.2) is 11.6 Å². The van der Waals surface area contributed by atoms with E-state index in [9.17, 15) is 4.79 Å². The molecule has 0 atom stereocenters. The van der Waals surface area contributed by atoms with Crippen molar-refractivity contribution >= 4 is 23.2 Å². The molecule has 0 unspecified atom stereocenters. The van der Waals surface area contributed by atoms with E-state index in [-0.39, 0.29) is 5.91 Å². The molecule has 2 aromatic rings. The van der Waals surface area contributed by atoms with Crippen LogP contribution in [0.3, 0.4) is 0 Å². The minimum Gasteiger partial charge on any atom is -0.325 e. The quantitative estimate of drug-likeness (QED) is 0.940. The van der Waals surface area contributed by atoms with Crippen LogP contribution in [0.5, 0.6) is 0 Å². The largest absolute Gasteiger partial charge is 0.325 e. The molecular weight excluding hydrogens is 264 g/mol. The molecule has 0 saturated carbocycles. The second-order valence-electron chi connectivity index (χ2n) is 5.06. The second-order valence-corrected chi connectivity index (χ2v) is 5.06. The lowest BCUT2D eigenvalue weighted by molar-refractivity contribution is -0.115. The number of hydrogen-bond acceptors (Lipinski definition) is 4. The minimum absolute atomic E-state index is 0.0552. The first-order valence-corrected chi connectivity index (χ1v) is 7.27. The number of para-hydroxylation sites is 1. The fourth-order valence-corrected chi connectivity index (χ4v) is 2.54. The van der Waals surface area contributed by atoms with Gasteiger partial charge in [0.2, 0.25) is 5.91 Å². The molecule has 3 rings (SSSR count). The van der Waals surface area contributed by atoms with E-state index in [1.807, 2.05) is 19.1 Å². The number of nitrogens with zero attached hydrogens (tertiary/aromatic N) is 3. The van der Waals surface area contributed by atoms with E-state index in [4.69, 9.17) is 0 Å². The summed E-state index contributed by atoms with van der Waals surface area (Å²) in [6.07, 6.45) is 2.64. The topological polar surface area (TPSA) is 58.1 Å². The van der Waals surface area contributed by atoms with Gasteiger partial charge in [-0.25, -0.2) is 0 Å².